The number of hydrogen-bond donors (Lipinski definition) is 2. The monoisotopic (exact) mass is 896 g/mol. The normalized spacial score (nSPS) is 13.5. The van der Waals surface area contributed by atoms with Gasteiger partial charge in [-0.3, -0.25) is 13.8 Å². The van der Waals surface area contributed by atoms with E-state index in [1.54, 1.807) is 0 Å². The summed E-state index contributed by atoms with van der Waals surface area (Å²) in [4.78, 5) is 22.6. The number of allylic oxidation sites excluding steroid dienone is 6. The van der Waals surface area contributed by atoms with E-state index >= 15 is 0 Å². The minimum atomic E-state index is -4.28. The molecule has 0 aliphatic heterocycles. The number of phosphoric ester groups is 1. The standard InChI is InChI=1S/C53H102NO7P/c1-3-5-7-9-11-13-15-17-19-21-22-23-24-25-26-27-28-29-31-33-35-37-39-41-43-45-48-58-50-52(51-60-62(56,57)59-49-47-54)61-53(55)46-44-42-40-38-36-34-32-30-20-18-16-14-12-10-8-6-4-2/h15,17-18,20-22,52H,3-14,16,19,23-51,54H2,1-2H3,(H,56,57)/b17-15-,20-18-,22-21-. The molecule has 0 bridgehead atoms. The van der Waals surface area contributed by atoms with Gasteiger partial charge in [-0.15, -0.1) is 0 Å². The van der Waals surface area contributed by atoms with E-state index in [-0.39, 0.29) is 32.3 Å². The van der Waals surface area contributed by atoms with Gasteiger partial charge in [-0.2, -0.15) is 0 Å². The number of rotatable bonds is 51. The average Bonchev–Trinajstić information content (AvgIpc) is 3.26. The maximum atomic E-state index is 12.6. The van der Waals surface area contributed by atoms with Gasteiger partial charge in [0.2, 0.25) is 0 Å². The van der Waals surface area contributed by atoms with Crippen LogP contribution in [-0.2, 0) is 27.9 Å². The molecule has 0 aliphatic rings. The SMILES string of the molecule is CCCCCCC/C=C\C/C=C\CCCCCCCCCCCCCCCCOCC(COP(=O)(O)OCCN)OC(=O)CCCCCCCCC/C=C\CCCCCCCC. The van der Waals surface area contributed by atoms with Crippen molar-refractivity contribution >= 4 is 13.8 Å². The first-order chi connectivity index (χ1) is 30.4. The Morgan fingerprint density at radius 2 is 0.855 bits per heavy atom. The third-order valence-corrected chi connectivity index (χ3v) is 12.5. The molecule has 62 heavy (non-hydrogen) atoms. The molecule has 0 rings (SSSR count). The Morgan fingerprint density at radius 1 is 0.484 bits per heavy atom. The van der Waals surface area contributed by atoms with Gasteiger partial charge in [0.25, 0.3) is 0 Å². The molecule has 3 N–H and O–H groups in total. The second kappa shape index (κ2) is 50.7. The minimum absolute atomic E-state index is 0.0953. The zero-order valence-electron chi connectivity index (χ0n) is 40.9. The summed E-state index contributed by atoms with van der Waals surface area (Å²) in [5.74, 6) is -0.331. The number of nitrogens with two attached hydrogens (primary N) is 1. The van der Waals surface area contributed by atoms with Crippen molar-refractivity contribution in [3.05, 3.63) is 36.5 Å². The summed E-state index contributed by atoms with van der Waals surface area (Å²) in [6.45, 7) is 4.94. The van der Waals surface area contributed by atoms with Crippen molar-refractivity contribution in [3.63, 3.8) is 0 Å². The molecule has 0 radical (unpaired) electrons. The molecule has 2 atom stereocenters. The smallest absolute Gasteiger partial charge is 0.457 e. The van der Waals surface area contributed by atoms with Crippen LogP contribution in [0.15, 0.2) is 36.5 Å². The summed E-state index contributed by atoms with van der Waals surface area (Å²) >= 11 is 0. The molecule has 0 spiro atoms. The van der Waals surface area contributed by atoms with Gasteiger partial charge < -0.3 is 20.1 Å². The highest BCUT2D eigenvalue weighted by Gasteiger charge is 2.25. The molecule has 0 amide bonds. The Labute approximate surface area is 384 Å². The maximum Gasteiger partial charge on any atom is 0.472 e. The van der Waals surface area contributed by atoms with E-state index < -0.39 is 13.9 Å². The van der Waals surface area contributed by atoms with Crippen molar-refractivity contribution in [1.82, 2.24) is 0 Å². The lowest BCUT2D eigenvalue weighted by atomic mass is 10.0. The predicted molar refractivity (Wildman–Crippen MR) is 266 cm³/mol. The fourth-order valence-corrected chi connectivity index (χ4v) is 8.38. The molecule has 0 aromatic carbocycles. The molecular formula is C53H102NO7P. The molecule has 0 aromatic heterocycles. The van der Waals surface area contributed by atoms with E-state index in [0.717, 1.165) is 38.5 Å². The van der Waals surface area contributed by atoms with E-state index in [1.165, 1.54) is 199 Å². The summed E-state index contributed by atoms with van der Waals surface area (Å²) < 4.78 is 33.6. The Kier molecular flexibility index (Phi) is 49.7. The van der Waals surface area contributed by atoms with Crippen LogP contribution in [0.4, 0.5) is 0 Å². The van der Waals surface area contributed by atoms with Crippen molar-refractivity contribution in [2.45, 2.75) is 264 Å². The van der Waals surface area contributed by atoms with Crippen molar-refractivity contribution in [2.24, 2.45) is 5.73 Å². The molecule has 9 heteroatoms. The molecule has 0 saturated carbocycles. The molecule has 0 aromatic rings. The molecule has 366 valence electrons. The maximum absolute atomic E-state index is 12.6. The zero-order chi connectivity index (χ0) is 45.1. The van der Waals surface area contributed by atoms with Gasteiger partial charge in [-0.25, -0.2) is 4.57 Å². The highest BCUT2D eigenvalue weighted by Crippen LogP contribution is 2.43. The van der Waals surface area contributed by atoms with Crippen LogP contribution in [0.25, 0.3) is 0 Å². The van der Waals surface area contributed by atoms with Crippen LogP contribution in [0, 0.1) is 0 Å². The quantitative estimate of drug-likeness (QED) is 0.0268. The number of esters is 1. The number of carbonyl (C=O) groups is 1. The van der Waals surface area contributed by atoms with Crippen molar-refractivity contribution in [2.75, 3.05) is 33.0 Å². The Bertz CT molecular complexity index is 1050. The molecule has 8 nitrogen and oxygen atoms in total. The Morgan fingerprint density at radius 3 is 1.27 bits per heavy atom. The number of phosphoric acid groups is 1. The van der Waals surface area contributed by atoms with Crippen LogP contribution < -0.4 is 5.73 Å². The van der Waals surface area contributed by atoms with E-state index in [1.807, 2.05) is 0 Å². The first-order valence-electron chi connectivity index (χ1n) is 26.5. The highest BCUT2D eigenvalue weighted by atomic mass is 31.2. The number of unbranched alkanes of at least 4 members (excludes halogenated alkanes) is 32. The molecule has 0 aliphatic carbocycles. The second-order valence-electron chi connectivity index (χ2n) is 17.7. The van der Waals surface area contributed by atoms with Gasteiger partial charge in [-0.05, 0) is 70.6 Å². The minimum Gasteiger partial charge on any atom is -0.457 e. The van der Waals surface area contributed by atoms with E-state index in [0.29, 0.717) is 13.0 Å². The first-order valence-corrected chi connectivity index (χ1v) is 28.0. The zero-order valence-corrected chi connectivity index (χ0v) is 41.8. The number of hydrogen-bond acceptors (Lipinski definition) is 7. The fraction of sp³-hybridized carbons (Fsp3) is 0.868. The summed E-state index contributed by atoms with van der Waals surface area (Å²) in [5, 5.41) is 0. The van der Waals surface area contributed by atoms with Gasteiger partial charge in [-0.1, -0.05) is 217 Å². The largest absolute Gasteiger partial charge is 0.472 e. The van der Waals surface area contributed by atoms with Gasteiger partial charge in [0.05, 0.1) is 19.8 Å². The molecule has 0 saturated heterocycles. The van der Waals surface area contributed by atoms with Crippen LogP contribution >= 0.6 is 7.82 Å². The van der Waals surface area contributed by atoms with Crippen LogP contribution in [-0.4, -0.2) is 49.9 Å². The van der Waals surface area contributed by atoms with Crippen molar-refractivity contribution in [1.29, 1.82) is 0 Å². The molecule has 0 heterocycles. The molecule has 2 unspecified atom stereocenters. The molecular weight excluding hydrogens is 794 g/mol. The summed E-state index contributed by atoms with van der Waals surface area (Å²) in [5.41, 5.74) is 5.39. The van der Waals surface area contributed by atoms with Crippen LogP contribution in [0.1, 0.15) is 258 Å². The summed E-state index contributed by atoms with van der Waals surface area (Å²) in [7, 11) is -4.28. The van der Waals surface area contributed by atoms with Crippen LogP contribution in [0.3, 0.4) is 0 Å². The lowest BCUT2D eigenvalue weighted by Crippen LogP contribution is -2.28. The van der Waals surface area contributed by atoms with Crippen LogP contribution in [0.2, 0.25) is 0 Å². The lowest BCUT2D eigenvalue weighted by molar-refractivity contribution is -0.154. The number of carbonyl (C=O) groups excluding carboxylic acids is 1. The van der Waals surface area contributed by atoms with Gasteiger partial charge in [0, 0.05) is 19.6 Å². The Hall–Kier alpha value is -1.28. The Balaban J connectivity index is 3.88. The topological polar surface area (TPSA) is 117 Å². The van der Waals surface area contributed by atoms with Crippen molar-refractivity contribution < 1.29 is 32.8 Å². The van der Waals surface area contributed by atoms with Gasteiger partial charge >= 0.3 is 13.8 Å². The molecule has 0 fully saturated rings. The fourth-order valence-electron chi connectivity index (χ4n) is 7.61. The second-order valence-corrected chi connectivity index (χ2v) is 19.2. The first kappa shape index (κ1) is 60.7. The van der Waals surface area contributed by atoms with Gasteiger partial charge in [0.1, 0.15) is 6.10 Å². The number of ether oxygens (including phenoxy) is 2. The van der Waals surface area contributed by atoms with Gasteiger partial charge in [0.15, 0.2) is 0 Å². The lowest BCUT2D eigenvalue weighted by Gasteiger charge is -2.20. The third kappa shape index (κ3) is 49.7. The highest BCUT2D eigenvalue weighted by molar-refractivity contribution is 7.47. The van der Waals surface area contributed by atoms with Crippen molar-refractivity contribution in [3.8, 4) is 0 Å². The predicted octanol–water partition coefficient (Wildman–Crippen LogP) is 16.5. The summed E-state index contributed by atoms with van der Waals surface area (Å²) in [6.07, 6.45) is 60.4. The summed E-state index contributed by atoms with van der Waals surface area (Å²) in [6, 6.07) is 0. The average molecular weight is 896 g/mol. The van der Waals surface area contributed by atoms with E-state index in [2.05, 4.69) is 50.3 Å². The third-order valence-electron chi connectivity index (χ3n) is 11.5. The van der Waals surface area contributed by atoms with Crippen LogP contribution in [0.5, 0.6) is 0 Å². The van der Waals surface area contributed by atoms with E-state index in [9.17, 15) is 14.3 Å². The van der Waals surface area contributed by atoms with E-state index in [4.69, 9.17) is 24.3 Å².